The number of rotatable bonds is 1. The number of thioether (sulfide) groups is 1. The SMILES string of the molecule is N#Cc1ccccc1C1C=CSC1. The minimum atomic E-state index is 0.431. The monoisotopic (exact) mass is 187 g/mol. The van der Waals surface area contributed by atoms with Gasteiger partial charge in [-0.2, -0.15) is 5.26 Å². The zero-order valence-electron chi connectivity index (χ0n) is 7.10. The molecule has 1 atom stereocenters. The second-order valence-electron chi connectivity index (χ2n) is 2.97. The summed E-state index contributed by atoms with van der Waals surface area (Å²) in [5.74, 6) is 1.50. The van der Waals surface area contributed by atoms with Gasteiger partial charge in [-0.15, -0.1) is 11.8 Å². The molecule has 1 aromatic carbocycles. The van der Waals surface area contributed by atoms with E-state index in [1.807, 2.05) is 24.3 Å². The van der Waals surface area contributed by atoms with Crippen molar-refractivity contribution in [1.29, 1.82) is 5.26 Å². The maximum atomic E-state index is 8.90. The van der Waals surface area contributed by atoms with E-state index >= 15 is 0 Å². The molecule has 1 aromatic rings. The van der Waals surface area contributed by atoms with Crippen LogP contribution >= 0.6 is 11.8 Å². The van der Waals surface area contributed by atoms with E-state index in [2.05, 4.69) is 17.6 Å². The van der Waals surface area contributed by atoms with Gasteiger partial charge in [-0.1, -0.05) is 24.3 Å². The molecule has 1 heterocycles. The molecule has 0 saturated heterocycles. The van der Waals surface area contributed by atoms with Crippen LogP contribution < -0.4 is 0 Å². The van der Waals surface area contributed by atoms with Crippen LogP contribution in [0.25, 0.3) is 0 Å². The summed E-state index contributed by atoms with van der Waals surface area (Å²) in [4.78, 5) is 0. The quantitative estimate of drug-likeness (QED) is 0.675. The van der Waals surface area contributed by atoms with Crippen LogP contribution in [0.15, 0.2) is 35.7 Å². The molecule has 0 spiro atoms. The Balaban J connectivity index is 2.39. The summed E-state index contributed by atoms with van der Waals surface area (Å²) in [5.41, 5.74) is 1.96. The highest BCUT2D eigenvalue weighted by Gasteiger charge is 2.14. The fourth-order valence-electron chi connectivity index (χ4n) is 1.48. The van der Waals surface area contributed by atoms with Gasteiger partial charge in [0, 0.05) is 11.7 Å². The second kappa shape index (κ2) is 3.68. The Hall–Kier alpha value is -1.20. The van der Waals surface area contributed by atoms with E-state index in [0.717, 1.165) is 16.9 Å². The first-order valence-corrected chi connectivity index (χ1v) is 5.24. The Morgan fingerprint density at radius 1 is 1.38 bits per heavy atom. The van der Waals surface area contributed by atoms with Crippen LogP contribution in [0.4, 0.5) is 0 Å². The van der Waals surface area contributed by atoms with Gasteiger partial charge in [-0.05, 0) is 17.0 Å². The van der Waals surface area contributed by atoms with Crippen LogP contribution in [-0.2, 0) is 0 Å². The van der Waals surface area contributed by atoms with Gasteiger partial charge < -0.3 is 0 Å². The van der Waals surface area contributed by atoms with E-state index in [1.54, 1.807) is 11.8 Å². The summed E-state index contributed by atoms with van der Waals surface area (Å²) in [6.45, 7) is 0. The van der Waals surface area contributed by atoms with E-state index in [4.69, 9.17) is 5.26 Å². The van der Waals surface area contributed by atoms with E-state index in [-0.39, 0.29) is 0 Å². The molecule has 1 unspecified atom stereocenters. The number of benzene rings is 1. The molecule has 2 heteroatoms. The Labute approximate surface area is 82.1 Å². The van der Waals surface area contributed by atoms with Crippen LogP contribution in [0.1, 0.15) is 17.0 Å². The first kappa shape index (κ1) is 8.40. The highest BCUT2D eigenvalue weighted by molar-refractivity contribution is 8.02. The van der Waals surface area contributed by atoms with Gasteiger partial charge in [0.25, 0.3) is 0 Å². The lowest BCUT2D eigenvalue weighted by Crippen LogP contribution is -1.97. The molecule has 0 radical (unpaired) electrons. The van der Waals surface area contributed by atoms with E-state index in [1.165, 1.54) is 0 Å². The average molecular weight is 187 g/mol. The minimum Gasteiger partial charge on any atom is -0.192 e. The Morgan fingerprint density at radius 2 is 2.23 bits per heavy atom. The zero-order chi connectivity index (χ0) is 9.10. The molecule has 13 heavy (non-hydrogen) atoms. The summed E-state index contributed by atoms with van der Waals surface area (Å²) in [6.07, 6.45) is 2.17. The first-order chi connectivity index (χ1) is 6.42. The van der Waals surface area contributed by atoms with Crippen molar-refractivity contribution >= 4 is 11.8 Å². The van der Waals surface area contributed by atoms with Crippen LogP contribution in [0.2, 0.25) is 0 Å². The normalized spacial score (nSPS) is 20.1. The van der Waals surface area contributed by atoms with Crippen molar-refractivity contribution < 1.29 is 0 Å². The van der Waals surface area contributed by atoms with Crippen molar-refractivity contribution in [1.82, 2.24) is 0 Å². The Kier molecular flexibility index (Phi) is 2.37. The molecular weight excluding hydrogens is 178 g/mol. The molecule has 1 aliphatic rings. The van der Waals surface area contributed by atoms with Gasteiger partial charge >= 0.3 is 0 Å². The summed E-state index contributed by atoms with van der Waals surface area (Å²) in [7, 11) is 0. The van der Waals surface area contributed by atoms with Gasteiger partial charge in [0.05, 0.1) is 11.6 Å². The van der Waals surface area contributed by atoms with Gasteiger partial charge in [-0.3, -0.25) is 0 Å². The predicted molar refractivity (Wildman–Crippen MR) is 55.5 cm³/mol. The number of nitrogens with zero attached hydrogens (tertiary/aromatic N) is 1. The third-order valence-corrected chi connectivity index (χ3v) is 3.06. The van der Waals surface area contributed by atoms with Crippen molar-refractivity contribution in [3.05, 3.63) is 46.9 Å². The number of hydrogen-bond acceptors (Lipinski definition) is 2. The predicted octanol–water partition coefficient (Wildman–Crippen LogP) is 2.90. The van der Waals surface area contributed by atoms with Crippen LogP contribution in [-0.4, -0.2) is 5.75 Å². The van der Waals surface area contributed by atoms with Crippen LogP contribution in [0.5, 0.6) is 0 Å². The fourth-order valence-corrected chi connectivity index (χ4v) is 2.39. The average Bonchev–Trinajstić information content (AvgIpc) is 2.70. The number of hydrogen-bond donors (Lipinski definition) is 0. The molecule has 0 amide bonds. The molecule has 0 aromatic heterocycles. The summed E-state index contributed by atoms with van der Waals surface area (Å²) in [6, 6.07) is 10.1. The lowest BCUT2D eigenvalue weighted by Gasteiger charge is -2.08. The minimum absolute atomic E-state index is 0.431. The van der Waals surface area contributed by atoms with Crippen molar-refractivity contribution in [2.75, 3.05) is 5.75 Å². The summed E-state index contributed by atoms with van der Waals surface area (Å²) >= 11 is 1.81. The molecule has 0 saturated carbocycles. The van der Waals surface area contributed by atoms with Crippen LogP contribution in [0, 0.1) is 11.3 Å². The summed E-state index contributed by atoms with van der Waals surface area (Å²) in [5, 5.41) is 11.0. The maximum absolute atomic E-state index is 8.90. The molecule has 64 valence electrons. The number of nitriles is 1. The smallest absolute Gasteiger partial charge is 0.0994 e. The zero-order valence-corrected chi connectivity index (χ0v) is 7.92. The third kappa shape index (κ3) is 1.61. The van der Waals surface area contributed by atoms with Gasteiger partial charge in [-0.25, -0.2) is 0 Å². The standard InChI is InChI=1S/C11H9NS/c12-7-9-3-1-2-4-11(9)10-5-6-13-8-10/h1-6,10H,8H2. The lowest BCUT2D eigenvalue weighted by atomic mass is 9.96. The van der Waals surface area contributed by atoms with Crippen LogP contribution in [0.3, 0.4) is 0 Å². The van der Waals surface area contributed by atoms with Gasteiger partial charge in [0.1, 0.15) is 0 Å². The fraction of sp³-hybridized carbons (Fsp3) is 0.182. The Bertz CT molecular complexity index is 376. The topological polar surface area (TPSA) is 23.8 Å². The molecule has 1 nitrogen and oxygen atoms in total. The largest absolute Gasteiger partial charge is 0.192 e. The van der Waals surface area contributed by atoms with Crippen molar-refractivity contribution in [3.63, 3.8) is 0 Å². The second-order valence-corrected chi connectivity index (χ2v) is 3.91. The molecular formula is C11H9NS. The molecule has 0 bridgehead atoms. The highest BCUT2D eigenvalue weighted by Crippen LogP contribution is 2.31. The van der Waals surface area contributed by atoms with Crippen molar-refractivity contribution in [2.45, 2.75) is 5.92 Å². The van der Waals surface area contributed by atoms with Gasteiger partial charge in [0.15, 0.2) is 0 Å². The Morgan fingerprint density at radius 3 is 2.92 bits per heavy atom. The molecule has 0 fully saturated rings. The van der Waals surface area contributed by atoms with E-state index in [0.29, 0.717) is 5.92 Å². The van der Waals surface area contributed by atoms with Crippen molar-refractivity contribution in [3.8, 4) is 6.07 Å². The number of allylic oxidation sites excluding steroid dienone is 1. The molecule has 2 rings (SSSR count). The molecule has 0 N–H and O–H groups in total. The maximum Gasteiger partial charge on any atom is 0.0994 e. The summed E-state index contributed by atoms with van der Waals surface area (Å²) < 4.78 is 0. The van der Waals surface area contributed by atoms with Gasteiger partial charge in [0.2, 0.25) is 0 Å². The van der Waals surface area contributed by atoms with E-state index in [9.17, 15) is 0 Å². The lowest BCUT2D eigenvalue weighted by molar-refractivity contribution is 0.993. The molecule has 0 aliphatic carbocycles. The molecule has 1 aliphatic heterocycles. The first-order valence-electron chi connectivity index (χ1n) is 4.19. The third-order valence-electron chi connectivity index (χ3n) is 2.16. The highest BCUT2D eigenvalue weighted by atomic mass is 32.2. The van der Waals surface area contributed by atoms with Crippen molar-refractivity contribution in [2.24, 2.45) is 0 Å². The van der Waals surface area contributed by atoms with E-state index < -0.39 is 0 Å².